The van der Waals surface area contributed by atoms with Gasteiger partial charge >= 0.3 is 0 Å². The van der Waals surface area contributed by atoms with Crippen molar-refractivity contribution in [3.8, 4) is 0 Å². The highest BCUT2D eigenvalue weighted by Crippen LogP contribution is 2.18. The van der Waals surface area contributed by atoms with E-state index < -0.39 is 0 Å². The summed E-state index contributed by atoms with van der Waals surface area (Å²) in [5.74, 6) is 0. The number of hydrogen-bond acceptors (Lipinski definition) is 1. The molecule has 0 heterocycles. The van der Waals surface area contributed by atoms with Gasteiger partial charge in [-0.15, -0.1) is 0 Å². The third-order valence-electron chi connectivity index (χ3n) is 2.07. The third kappa shape index (κ3) is 3.13. The van der Waals surface area contributed by atoms with Crippen LogP contribution in [-0.4, -0.2) is 0 Å². The van der Waals surface area contributed by atoms with Crippen LogP contribution in [0.3, 0.4) is 0 Å². The van der Waals surface area contributed by atoms with Gasteiger partial charge in [0.25, 0.3) is 0 Å². The number of anilines is 1. The molecule has 0 aromatic heterocycles. The average molecular weight is 199 g/mol. The Bertz CT molecular complexity index is 360. The summed E-state index contributed by atoms with van der Waals surface area (Å²) in [5.41, 5.74) is 2.31. The second-order valence-electron chi connectivity index (χ2n) is 3.23. The summed E-state index contributed by atoms with van der Waals surface area (Å²) in [7, 11) is 0. The van der Waals surface area contributed by atoms with Gasteiger partial charge < -0.3 is 4.90 Å². The fraction of sp³-hybridized carbons (Fsp3) is 0.143. The first-order valence-electron chi connectivity index (χ1n) is 5.06. The standard InChI is InChI=1S/C14H17N/c1-4-9-13(3)15(12-5-2)14-10-7-6-8-11-14/h4-12H,1H2,2-3H3/b12-5+,13-9+. The van der Waals surface area contributed by atoms with Crippen molar-refractivity contribution in [3.63, 3.8) is 0 Å². The van der Waals surface area contributed by atoms with Crippen LogP contribution in [0.1, 0.15) is 13.8 Å². The molecule has 0 radical (unpaired) electrons. The Balaban J connectivity index is 3.03. The number of benzene rings is 1. The van der Waals surface area contributed by atoms with Crippen molar-refractivity contribution >= 4 is 5.69 Å². The van der Waals surface area contributed by atoms with E-state index in [2.05, 4.69) is 30.5 Å². The van der Waals surface area contributed by atoms with E-state index in [0.29, 0.717) is 0 Å². The van der Waals surface area contributed by atoms with Gasteiger partial charge in [-0.25, -0.2) is 0 Å². The van der Waals surface area contributed by atoms with Crippen molar-refractivity contribution in [3.05, 3.63) is 67.0 Å². The fourth-order valence-electron chi connectivity index (χ4n) is 1.40. The molecule has 1 rings (SSSR count). The molecule has 0 saturated carbocycles. The molecule has 1 nitrogen and oxygen atoms in total. The first-order valence-corrected chi connectivity index (χ1v) is 5.06. The van der Waals surface area contributed by atoms with Crippen LogP contribution in [0.2, 0.25) is 0 Å². The van der Waals surface area contributed by atoms with Gasteiger partial charge in [-0.3, -0.25) is 0 Å². The van der Waals surface area contributed by atoms with Crippen LogP contribution in [0.15, 0.2) is 67.0 Å². The SMILES string of the molecule is C=C/C=C(\C)N(/C=C/C)c1ccccc1. The molecule has 1 aromatic rings. The molecule has 1 heteroatoms. The molecule has 0 N–H and O–H groups in total. The van der Waals surface area contributed by atoms with Gasteiger partial charge in [0.1, 0.15) is 0 Å². The molecule has 0 saturated heterocycles. The third-order valence-corrected chi connectivity index (χ3v) is 2.07. The minimum absolute atomic E-state index is 1.15. The van der Waals surface area contributed by atoms with E-state index >= 15 is 0 Å². The molecular weight excluding hydrogens is 182 g/mol. The van der Waals surface area contributed by atoms with Gasteiger partial charge in [-0.2, -0.15) is 0 Å². The Kier molecular flexibility index (Phi) is 4.42. The van der Waals surface area contributed by atoms with E-state index in [-0.39, 0.29) is 0 Å². The Morgan fingerprint density at radius 3 is 2.47 bits per heavy atom. The van der Waals surface area contributed by atoms with E-state index in [0.717, 1.165) is 11.4 Å². The molecule has 78 valence electrons. The average Bonchev–Trinajstić information content (AvgIpc) is 2.27. The minimum Gasteiger partial charge on any atom is -0.322 e. The zero-order valence-electron chi connectivity index (χ0n) is 9.35. The monoisotopic (exact) mass is 199 g/mol. The first-order chi connectivity index (χ1) is 7.29. The highest BCUT2D eigenvalue weighted by Gasteiger charge is 2.02. The summed E-state index contributed by atoms with van der Waals surface area (Å²) in [6.07, 6.45) is 7.86. The lowest BCUT2D eigenvalue weighted by Crippen LogP contribution is -2.12. The minimum atomic E-state index is 1.15. The maximum atomic E-state index is 3.71. The van der Waals surface area contributed by atoms with Crippen molar-refractivity contribution in [1.29, 1.82) is 0 Å². The number of allylic oxidation sites excluding steroid dienone is 4. The lowest BCUT2D eigenvalue weighted by atomic mass is 10.2. The Morgan fingerprint density at radius 1 is 1.27 bits per heavy atom. The van der Waals surface area contributed by atoms with Crippen LogP contribution in [0.5, 0.6) is 0 Å². The number of para-hydroxylation sites is 1. The molecule has 0 spiro atoms. The maximum Gasteiger partial charge on any atom is 0.0451 e. The first kappa shape index (κ1) is 11.3. The second kappa shape index (κ2) is 5.86. The second-order valence-corrected chi connectivity index (χ2v) is 3.23. The predicted octanol–water partition coefficient (Wildman–Crippen LogP) is 4.12. The van der Waals surface area contributed by atoms with Crippen LogP contribution in [-0.2, 0) is 0 Å². The summed E-state index contributed by atoms with van der Waals surface area (Å²) >= 11 is 0. The highest BCUT2D eigenvalue weighted by atomic mass is 15.1. The molecule has 15 heavy (non-hydrogen) atoms. The molecule has 0 fully saturated rings. The Hall–Kier alpha value is -1.76. The summed E-state index contributed by atoms with van der Waals surface area (Å²) < 4.78 is 0. The zero-order chi connectivity index (χ0) is 11.1. The topological polar surface area (TPSA) is 3.24 Å². The van der Waals surface area contributed by atoms with Gasteiger partial charge in [-0.1, -0.05) is 36.9 Å². The lowest BCUT2D eigenvalue weighted by molar-refractivity contribution is 1.15. The van der Waals surface area contributed by atoms with Gasteiger partial charge in [-0.05, 0) is 32.1 Å². The van der Waals surface area contributed by atoms with Gasteiger partial charge in [0.05, 0.1) is 0 Å². The van der Waals surface area contributed by atoms with Gasteiger partial charge in [0, 0.05) is 17.6 Å². The van der Waals surface area contributed by atoms with E-state index in [1.54, 1.807) is 6.08 Å². The largest absolute Gasteiger partial charge is 0.322 e. The number of hydrogen-bond donors (Lipinski definition) is 0. The molecule has 0 atom stereocenters. The molecule has 0 unspecified atom stereocenters. The summed E-state index contributed by atoms with van der Waals surface area (Å²) in [5, 5.41) is 0. The molecule has 0 amide bonds. The smallest absolute Gasteiger partial charge is 0.0451 e. The van der Waals surface area contributed by atoms with E-state index in [9.17, 15) is 0 Å². The van der Waals surface area contributed by atoms with Crippen LogP contribution in [0, 0.1) is 0 Å². The lowest BCUT2D eigenvalue weighted by Gasteiger charge is -2.20. The van der Waals surface area contributed by atoms with E-state index in [1.165, 1.54) is 0 Å². The van der Waals surface area contributed by atoms with Crippen molar-refractivity contribution in [2.45, 2.75) is 13.8 Å². The molecule has 0 bridgehead atoms. The van der Waals surface area contributed by atoms with Crippen molar-refractivity contribution < 1.29 is 0 Å². The molecular formula is C14H17N. The van der Waals surface area contributed by atoms with E-state index in [4.69, 9.17) is 0 Å². The van der Waals surface area contributed by atoms with Crippen LogP contribution in [0.25, 0.3) is 0 Å². The van der Waals surface area contributed by atoms with E-state index in [1.807, 2.05) is 43.5 Å². The predicted molar refractivity (Wildman–Crippen MR) is 67.7 cm³/mol. The van der Waals surface area contributed by atoms with Crippen molar-refractivity contribution in [2.75, 3.05) is 4.90 Å². The molecule has 0 aliphatic carbocycles. The molecule has 0 aliphatic rings. The number of rotatable bonds is 4. The van der Waals surface area contributed by atoms with Gasteiger partial charge in [0.2, 0.25) is 0 Å². The highest BCUT2D eigenvalue weighted by molar-refractivity contribution is 5.54. The van der Waals surface area contributed by atoms with Crippen LogP contribution >= 0.6 is 0 Å². The fourth-order valence-corrected chi connectivity index (χ4v) is 1.40. The zero-order valence-corrected chi connectivity index (χ0v) is 9.35. The quantitative estimate of drug-likeness (QED) is 0.659. The summed E-state index contributed by atoms with van der Waals surface area (Å²) in [4.78, 5) is 2.13. The molecule has 1 aromatic carbocycles. The van der Waals surface area contributed by atoms with Crippen LogP contribution < -0.4 is 4.90 Å². The maximum absolute atomic E-state index is 3.71. The normalized spacial score (nSPS) is 11.7. The van der Waals surface area contributed by atoms with Crippen molar-refractivity contribution in [1.82, 2.24) is 0 Å². The van der Waals surface area contributed by atoms with Crippen molar-refractivity contribution in [2.24, 2.45) is 0 Å². The molecule has 0 aliphatic heterocycles. The van der Waals surface area contributed by atoms with Gasteiger partial charge in [0.15, 0.2) is 0 Å². The Morgan fingerprint density at radius 2 is 1.93 bits per heavy atom. The van der Waals surface area contributed by atoms with Crippen LogP contribution in [0.4, 0.5) is 5.69 Å². The summed E-state index contributed by atoms with van der Waals surface area (Å²) in [6.45, 7) is 7.78. The summed E-state index contributed by atoms with van der Waals surface area (Å²) in [6, 6.07) is 10.3. The Labute approximate surface area is 92.0 Å². The number of nitrogens with zero attached hydrogens (tertiary/aromatic N) is 1.